The number of fused-ring (bicyclic) bond motifs is 13. The molecule has 64 heavy (non-hydrogen) atoms. The summed E-state index contributed by atoms with van der Waals surface area (Å²) < 4.78 is 14.4. The van der Waals surface area contributed by atoms with Gasteiger partial charge in [0.2, 0.25) is 0 Å². The Bertz CT molecular complexity index is 3330. The Balaban J connectivity index is 0.997. The molecule has 10 aromatic rings. The Kier molecular flexibility index (Phi) is 8.13. The smallest absolute Gasteiger partial charge is 0.194 e. The van der Waals surface area contributed by atoms with E-state index in [1.54, 1.807) is 0 Å². The number of hydrogen-bond acceptors (Lipinski definition) is 3. The van der Waals surface area contributed by atoms with E-state index in [2.05, 4.69) is 235 Å². The molecule has 13 rings (SSSR count). The van der Waals surface area contributed by atoms with E-state index >= 15 is 0 Å². The van der Waals surface area contributed by atoms with Crippen molar-refractivity contribution in [2.24, 2.45) is 0 Å². The normalized spacial score (nSPS) is 13.1. The van der Waals surface area contributed by atoms with Crippen molar-refractivity contribution in [1.82, 2.24) is 0 Å². The van der Waals surface area contributed by atoms with Crippen LogP contribution in [0.25, 0.3) is 55.6 Å². The minimum absolute atomic E-state index is 0.484. The molecule has 0 amide bonds. The summed E-state index contributed by atoms with van der Waals surface area (Å²) in [5, 5.41) is 0. The Hall–Kier alpha value is -8.40. The summed E-state index contributed by atoms with van der Waals surface area (Å²) in [6, 6.07) is 84.7. The van der Waals surface area contributed by atoms with Crippen LogP contribution in [0.1, 0.15) is 22.3 Å². The van der Waals surface area contributed by atoms with Gasteiger partial charge < -0.3 is 14.4 Å². The SMILES string of the molecule is c1ccc(-c2ccc(N(c3cc(-c4ccccc4)cc(-c4ccccc4)c3)c3cccc4c3Oc3ccc5c(c3O4)-c3ccccc3C53c4ccccc4-c4ccccc43)cc2)cc1. The number of rotatable bonds is 6. The quantitative estimate of drug-likeness (QED) is 0.167. The Morgan fingerprint density at radius 2 is 0.766 bits per heavy atom. The van der Waals surface area contributed by atoms with Gasteiger partial charge in [-0.25, -0.2) is 0 Å². The van der Waals surface area contributed by atoms with E-state index in [4.69, 9.17) is 9.47 Å². The van der Waals surface area contributed by atoms with Crippen LogP contribution in [0.3, 0.4) is 0 Å². The number of hydrogen-bond donors (Lipinski definition) is 0. The molecule has 1 aliphatic heterocycles. The van der Waals surface area contributed by atoms with Gasteiger partial charge in [-0.1, -0.05) is 188 Å². The van der Waals surface area contributed by atoms with Crippen LogP contribution in [-0.4, -0.2) is 0 Å². The van der Waals surface area contributed by atoms with Gasteiger partial charge >= 0.3 is 0 Å². The lowest BCUT2D eigenvalue weighted by atomic mass is 9.70. The van der Waals surface area contributed by atoms with Crippen LogP contribution in [0.2, 0.25) is 0 Å². The summed E-state index contributed by atoms with van der Waals surface area (Å²) >= 11 is 0. The first-order valence-corrected chi connectivity index (χ1v) is 21.9. The molecule has 0 unspecified atom stereocenters. The van der Waals surface area contributed by atoms with Gasteiger partial charge in [0.15, 0.2) is 23.0 Å². The summed E-state index contributed by atoms with van der Waals surface area (Å²) in [7, 11) is 0. The van der Waals surface area contributed by atoms with Gasteiger partial charge in [-0.3, -0.25) is 0 Å². The molecule has 0 atom stereocenters. The van der Waals surface area contributed by atoms with Crippen LogP contribution in [0.5, 0.6) is 23.0 Å². The molecule has 0 bridgehead atoms. The Labute approximate surface area is 372 Å². The first-order chi connectivity index (χ1) is 31.7. The predicted octanol–water partition coefficient (Wildman–Crippen LogP) is 16.4. The lowest BCUT2D eigenvalue weighted by Gasteiger charge is -2.32. The third-order valence-corrected chi connectivity index (χ3v) is 13.3. The fraction of sp³-hybridized carbons (Fsp3) is 0.0164. The number of anilines is 3. The maximum atomic E-state index is 7.23. The van der Waals surface area contributed by atoms with Crippen LogP contribution in [0.15, 0.2) is 237 Å². The van der Waals surface area contributed by atoms with Crippen molar-refractivity contribution in [2.45, 2.75) is 5.41 Å². The highest BCUT2D eigenvalue weighted by molar-refractivity contribution is 5.98. The average Bonchev–Trinajstić information content (AvgIpc) is 3.85. The Morgan fingerprint density at radius 3 is 1.36 bits per heavy atom. The number of para-hydroxylation sites is 1. The molecule has 0 saturated heterocycles. The first-order valence-electron chi connectivity index (χ1n) is 21.9. The van der Waals surface area contributed by atoms with Crippen molar-refractivity contribution < 1.29 is 9.47 Å². The minimum Gasteiger partial charge on any atom is -0.449 e. The molecule has 3 nitrogen and oxygen atoms in total. The fourth-order valence-corrected chi connectivity index (χ4v) is 10.6. The third-order valence-electron chi connectivity index (χ3n) is 13.3. The van der Waals surface area contributed by atoms with Gasteiger partial charge in [0.05, 0.1) is 11.1 Å². The van der Waals surface area contributed by atoms with Gasteiger partial charge in [-0.05, 0) is 121 Å². The molecule has 10 aromatic carbocycles. The largest absolute Gasteiger partial charge is 0.449 e. The zero-order valence-corrected chi connectivity index (χ0v) is 34.8. The van der Waals surface area contributed by atoms with Crippen LogP contribution in [0, 0.1) is 0 Å². The first kappa shape index (κ1) is 36.3. The molecule has 1 spiro atoms. The van der Waals surface area contributed by atoms with Crippen molar-refractivity contribution in [3.8, 4) is 78.6 Å². The lowest BCUT2D eigenvalue weighted by molar-refractivity contribution is 0.361. The van der Waals surface area contributed by atoms with Gasteiger partial charge in [0.25, 0.3) is 0 Å². The molecule has 0 N–H and O–H groups in total. The molecule has 0 saturated carbocycles. The zero-order valence-electron chi connectivity index (χ0n) is 34.8. The van der Waals surface area contributed by atoms with Crippen LogP contribution >= 0.6 is 0 Å². The number of ether oxygens (including phenoxy) is 2. The number of benzene rings is 10. The van der Waals surface area contributed by atoms with E-state index in [1.807, 2.05) is 6.07 Å². The molecule has 2 aliphatic carbocycles. The Morgan fingerprint density at radius 1 is 0.297 bits per heavy atom. The maximum Gasteiger partial charge on any atom is 0.194 e. The monoisotopic (exact) mass is 817 g/mol. The highest BCUT2D eigenvalue weighted by Gasteiger charge is 2.53. The van der Waals surface area contributed by atoms with Gasteiger partial charge in [-0.15, -0.1) is 0 Å². The number of nitrogens with zero attached hydrogens (tertiary/aromatic N) is 1. The standard InChI is InChI=1S/C61H39NO2/c1-4-17-40(18-5-1)43-31-33-46(34-32-43)62(47-38-44(41-19-6-2-7-20-41)37-45(39-47)42-21-8-3-9-22-42)55-29-16-30-56-59(55)63-57-36-35-54-58(60(57)64-56)50-25-12-15-28-53(50)61(54)51-26-13-10-23-48(51)49-24-11-14-27-52(49)61/h1-39H. The average molecular weight is 818 g/mol. The summed E-state index contributed by atoms with van der Waals surface area (Å²) in [6.07, 6.45) is 0. The molecule has 0 fully saturated rings. The molecular weight excluding hydrogens is 779 g/mol. The molecular formula is C61H39NO2. The van der Waals surface area contributed by atoms with Crippen LogP contribution in [0.4, 0.5) is 17.1 Å². The van der Waals surface area contributed by atoms with Crippen molar-refractivity contribution in [2.75, 3.05) is 4.90 Å². The third kappa shape index (κ3) is 5.41. The van der Waals surface area contributed by atoms with E-state index in [1.165, 1.54) is 38.9 Å². The molecule has 3 aliphatic rings. The predicted molar refractivity (Wildman–Crippen MR) is 260 cm³/mol. The van der Waals surface area contributed by atoms with Gasteiger partial charge in [0.1, 0.15) is 0 Å². The zero-order chi connectivity index (χ0) is 42.2. The van der Waals surface area contributed by atoms with E-state index in [9.17, 15) is 0 Å². The second-order valence-corrected chi connectivity index (χ2v) is 16.8. The van der Waals surface area contributed by atoms with Crippen molar-refractivity contribution in [1.29, 1.82) is 0 Å². The van der Waals surface area contributed by atoms with Gasteiger partial charge in [-0.2, -0.15) is 0 Å². The van der Waals surface area contributed by atoms with E-state index in [0.29, 0.717) is 17.2 Å². The molecule has 300 valence electrons. The van der Waals surface area contributed by atoms with E-state index < -0.39 is 5.41 Å². The van der Waals surface area contributed by atoms with E-state index in [0.717, 1.165) is 61.8 Å². The molecule has 0 radical (unpaired) electrons. The summed E-state index contributed by atoms with van der Waals surface area (Å²) in [5.41, 5.74) is 19.1. The van der Waals surface area contributed by atoms with Crippen LogP contribution in [-0.2, 0) is 5.41 Å². The van der Waals surface area contributed by atoms with Crippen molar-refractivity contribution >= 4 is 17.1 Å². The molecule has 1 heterocycles. The highest BCUT2D eigenvalue weighted by Crippen LogP contribution is 2.67. The molecule has 3 heteroatoms. The summed E-state index contributed by atoms with van der Waals surface area (Å²) in [6.45, 7) is 0. The second kappa shape index (κ2) is 14.3. The van der Waals surface area contributed by atoms with Crippen molar-refractivity contribution in [3.05, 3.63) is 259 Å². The lowest BCUT2D eigenvalue weighted by Crippen LogP contribution is -2.25. The molecule has 0 aromatic heterocycles. The maximum absolute atomic E-state index is 7.23. The van der Waals surface area contributed by atoms with E-state index in [-0.39, 0.29) is 0 Å². The minimum atomic E-state index is -0.484. The summed E-state index contributed by atoms with van der Waals surface area (Å²) in [5.74, 6) is 2.75. The highest BCUT2D eigenvalue weighted by atomic mass is 16.6. The van der Waals surface area contributed by atoms with Crippen molar-refractivity contribution in [3.63, 3.8) is 0 Å². The summed E-state index contributed by atoms with van der Waals surface area (Å²) in [4.78, 5) is 2.31. The van der Waals surface area contributed by atoms with Gasteiger partial charge in [0, 0.05) is 16.9 Å². The second-order valence-electron chi connectivity index (χ2n) is 16.8. The fourth-order valence-electron chi connectivity index (χ4n) is 10.6. The topological polar surface area (TPSA) is 21.7 Å². The van der Waals surface area contributed by atoms with Crippen LogP contribution < -0.4 is 14.4 Å².